The summed E-state index contributed by atoms with van der Waals surface area (Å²) < 4.78 is 4.91. The van der Waals surface area contributed by atoms with E-state index in [-0.39, 0.29) is 0 Å². The predicted molar refractivity (Wildman–Crippen MR) is 44.7 cm³/mol. The Morgan fingerprint density at radius 3 is 2.67 bits per heavy atom. The second kappa shape index (κ2) is 3.15. The van der Waals surface area contributed by atoms with Crippen molar-refractivity contribution >= 4 is 11.8 Å². The summed E-state index contributed by atoms with van der Waals surface area (Å²) in [6, 6.07) is 2.09. The van der Waals surface area contributed by atoms with Crippen LogP contribution in [-0.4, -0.2) is 16.4 Å². The second-order valence-corrected chi connectivity index (χ2v) is 3.60. The Morgan fingerprint density at radius 1 is 1.58 bits per heavy atom. The molecular formula is C7H9N3OS. The van der Waals surface area contributed by atoms with Crippen LogP contribution in [0.25, 0.3) is 0 Å². The van der Waals surface area contributed by atoms with Crippen LogP contribution in [0.1, 0.15) is 19.7 Å². The van der Waals surface area contributed by atoms with Crippen LogP contribution in [0.15, 0.2) is 9.68 Å². The molecule has 1 aromatic heterocycles. The number of hydrogen-bond donors (Lipinski definition) is 0. The fourth-order valence-electron chi connectivity index (χ4n) is 0.595. The van der Waals surface area contributed by atoms with E-state index in [4.69, 9.17) is 9.78 Å². The lowest BCUT2D eigenvalue weighted by molar-refractivity contribution is 0.334. The predicted octanol–water partition coefficient (Wildman–Crippen LogP) is 1.59. The Kier molecular flexibility index (Phi) is 2.38. The van der Waals surface area contributed by atoms with Gasteiger partial charge in [-0.2, -0.15) is 10.2 Å². The van der Waals surface area contributed by atoms with Crippen molar-refractivity contribution in [1.29, 1.82) is 5.26 Å². The molecule has 0 N–H and O–H groups in total. The third kappa shape index (κ3) is 1.59. The lowest BCUT2D eigenvalue weighted by Crippen LogP contribution is -2.14. The van der Waals surface area contributed by atoms with E-state index in [1.165, 1.54) is 11.8 Å². The van der Waals surface area contributed by atoms with Crippen LogP contribution in [0.3, 0.4) is 0 Å². The molecule has 1 aromatic rings. The smallest absolute Gasteiger partial charge is 0.247 e. The highest BCUT2D eigenvalue weighted by Crippen LogP contribution is 2.21. The minimum absolute atomic E-state index is 0.370. The van der Waals surface area contributed by atoms with Crippen LogP contribution >= 0.6 is 11.8 Å². The van der Waals surface area contributed by atoms with Crippen molar-refractivity contribution < 1.29 is 4.52 Å². The summed E-state index contributed by atoms with van der Waals surface area (Å²) >= 11 is 1.39. The van der Waals surface area contributed by atoms with Gasteiger partial charge in [0.1, 0.15) is 5.41 Å². The summed E-state index contributed by atoms with van der Waals surface area (Å²) in [4.78, 5) is 4.03. The minimum atomic E-state index is -0.693. The van der Waals surface area contributed by atoms with E-state index in [0.717, 1.165) is 0 Å². The van der Waals surface area contributed by atoms with Crippen molar-refractivity contribution in [3.8, 4) is 6.07 Å². The number of thioether (sulfide) groups is 1. The average molecular weight is 183 g/mol. The molecule has 0 aromatic carbocycles. The molecule has 5 heteroatoms. The zero-order valence-corrected chi connectivity index (χ0v) is 7.97. The van der Waals surface area contributed by atoms with E-state index in [1.54, 1.807) is 13.8 Å². The Hall–Kier alpha value is -1.02. The van der Waals surface area contributed by atoms with Crippen LogP contribution in [0, 0.1) is 11.3 Å². The monoisotopic (exact) mass is 183 g/mol. The van der Waals surface area contributed by atoms with Gasteiger partial charge >= 0.3 is 0 Å². The third-order valence-electron chi connectivity index (χ3n) is 1.40. The fourth-order valence-corrected chi connectivity index (χ4v) is 0.881. The normalized spacial score (nSPS) is 11.2. The minimum Gasteiger partial charge on any atom is -0.337 e. The largest absolute Gasteiger partial charge is 0.337 e. The SMILES string of the molecule is CSc1noc(C(C)(C)C#N)n1. The molecule has 0 aliphatic rings. The molecule has 1 heterocycles. The Morgan fingerprint density at radius 2 is 2.25 bits per heavy atom. The summed E-state index contributed by atoms with van der Waals surface area (Å²) in [7, 11) is 0. The first kappa shape index (κ1) is 9.07. The third-order valence-corrected chi connectivity index (χ3v) is 1.94. The maximum atomic E-state index is 8.74. The van der Waals surface area contributed by atoms with Crippen LogP contribution in [-0.2, 0) is 5.41 Å². The molecule has 0 radical (unpaired) electrons. The van der Waals surface area contributed by atoms with E-state index in [9.17, 15) is 0 Å². The highest BCUT2D eigenvalue weighted by molar-refractivity contribution is 7.98. The summed E-state index contributed by atoms with van der Waals surface area (Å²) in [5.41, 5.74) is -0.693. The molecule has 0 saturated carbocycles. The molecule has 12 heavy (non-hydrogen) atoms. The van der Waals surface area contributed by atoms with Gasteiger partial charge in [-0.25, -0.2) is 0 Å². The van der Waals surface area contributed by atoms with Gasteiger partial charge in [0.2, 0.25) is 11.0 Å². The molecular weight excluding hydrogens is 174 g/mol. The summed E-state index contributed by atoms with van der Waals surface area (Å²) in [6.45, 7) is 3.48. The van der Waals surface area contributed by atoms with Crippen molar-refractivity contribution in [3.63, 3.8) is 0 Å². The molecule has 0 aliphatic heterocycles. The first-order valence-corrected chi connectivity index (χ1v) is 4.62. The fraction of sp³-hybridized carbons (Fsp3) is 0.571. The van der Waals surface area contributed by atoms with E-state index < -0.39 is 5.41 Å². The Balaban J connectivity index is 2.98. The molecule has 4 nitrogen and oxygen atoms in total. The van der Waals surface area contributed by atoms with E-state index >= 15 is 0 Å². The number of nitrogens with zero attached hydrogens (tertiary/aromatic N) is 3. The van der Waals surface area contributed by atoms with Crippen molar-refractivity contribution in [2.75, 3.05) is 6.26 Å². The van der Waals surface area contributed by atoms with Crippen molar-refractivity contribution in [3.05, 3.63) is 5.89 Å². The molecule has 0 atom stereocenters. The van der Waals surface area contributed by atoms with Gasteiger partial charge < -0.3 is 4.52 Å². The molecule has 64 valence electrons. The number of rotatable bonds is 2. The Bertz CT molecular complexity index is 313. The molecule has 0 fully saturated rings. The van der Waals surface area contributed by atoms with Crippen LogP contribution in [0.4, 0.5) is 0 Å². The lowest BCUT2D eigenvalue weighted by atomic mass is 9.96. The second-order valence-electron chi connectivity index (χ2n) is 2.82. The molecule has 0 bridgehead atoms. The van der Waals surface area contributed by atoms with Crippen LogP contribution in [0.2, 0.25) is 0 Å². The molecule has 0 spiro atoms. The number of nitriles is 1. The molecule has 1 rings (SSSR count). The summed E-state index contributed by atoms with van der Waals surface area (Å²) in [6.07, 6.45) is 1.86. The van der Waals surface area contributed by atoms with Crippen LogP contribution in [0.5, 0.6) is 0 Å². The zero-order chi connectivity index (χ0) is 9.19. The summed E-state index contributed by atoms with van der Waals surface area (Å²) in [5.74, 6) is 0.370. The number of hydrogen-bond acceptors (Lipinski definition) is 5. The molecule has 0 amide bonds. The highest BCUT2D eigenvalue weighted by Gasteiger charge is 2.27. The first-order valence-electron chi connectivity index (χ1n) is 3.39. The van der Waals surface area contributed by atoms with Gasteiger partial charge in [0, 0.05) is 0 Å². The zero-order valence-electron chi connectivity index (χ0n) is 7.16. The van der Waals surface area contributed by atoms with E-state index in [1.807, 2.05) is 6.26 Å². The van der Waals surface area contributed by atoms with E-state index in [0.29, 0.717) is 11.0 Å². The van der Waals surface area contributed by atoms with Gasteiger partial charge in [-0.1, -0.05) is 16.9 Å². The number of aromatic nitrogens is 2. The quantitative estimate of drug-likeness (QED) is 0.651. The average Bonchev–Trinajstić information content (AvgIpc) is 2.52. The van der Waals surface area contributed by atoms with Gasteiger partial charge in [0.05, 0.1) is 6.07 Å². The molecule has 0 aliphatic carbocycles. The maximum absolute atomic E-state index is 8.74. The Labute approximate surface area is 75.0 Å². The van der Waals surface area contributed by atoms with Crippen molar-refractivity contribution in [2.24, 2.45) is 0 Å². The first-order chi connectivity index (χ1) is 5.60. The van der Waals surface area contributed by atoms with Crippen molar-refractivity contribution in [1.82, 2.24) is 10.1 Å². The van der Waals surface area contributed by atoms with Gasteiger partial charge in [-0.05, 0) is 20.1 Å². The van der Waals surface area contributed by atoms with Crippen molar-refractivity contribution in [2.45, 2.75) is 24.4 Å². The maximum Gasteiger partial charge on any atom is 0.247 e. The van der Waals surface area contributed by atoms with Gasteiger partial charge in [0.25, 0.3) is 0 Å². The molecule has 0 unspecified atom stereocenters. The highest BCUT2D eigenvalue weighted by atomic mass is 32.2. The van der Waals surface area contributed by atoms with Gasteiger partial charge in [-0.3, -0.25) is 0 Å². The standard InChI is InChI=1S/C7H9N3OS/c1-7(2,4-8)5-9-6(12-3)10-11-5/h1-3H3. The topological polar surface area (TPSA) is 62.7 Å². The van der Waals surface area contributed by atoms with Gasteiger partial charge in [-0.15, -0.1) is 0 Å². The van der Waals surface area contributed by atoms with Gasteiger partial charge in [0.15, 0.2) is 0 Å². The lowest BCUT2D eigenvalue weighted by Gasteiger charge is -2.06. The summed E-state index contributed by atoms with van der Waals surface area (Å²) in [5, 5.41) is 13.0. The molecule has 0 saturated heterocycles. The van der Waals surface area contributed by atoms with E-state index in [2.05, 4.69) is 16.2 Å². The van der Waals surface area contributed by atoms with Crippen LogP contribution < -0.4 is 0 Å².